The second-order valence-corrected chi connectivity index (χ2v) is 3.94. The average molecular weight is 197 g/mol. The third kappa shape index (κ3) is 1.46. The van der Waals surface area contributed by atoms with Crippen LogP contribution in [-0.4, -0.2) is 13.6 Å². The summed E-state index contributed by atoms with van der Waals surface area (Å²) in [5.41, 5.74) is 8.92. The lowest BCUT2D eigenvalue weighted by Gasteiger charge is -2.28. The monoisotopic (exact) mass is 196 g/mol. The molecule has 1 aliphatic heterocycles. The van der Waals surface area contributed by atoms with Crippen LogP contribution >= 0.6 is 11.6 Å². The van der Waals surface area contributed by atoms with Crippen molar-refractivity contribution in [1.82, 2.24) is 0 Å². The molecule has 0 spiro atoms. The molecule has 0 amide bonds. The molecule has 1 aromatic rings. The number of rotatable bonds is 0. The van der Waals surface area contributed by atoms with Crippen molar-refractivity contribution >= 4 is 23.0 Å². The predicted molar refractivity (Wildman–Crippen MR) is 57.5 cm³/mol. The molecule has 3 heteroatoms. The maximum atomic E-state index is 6.12. The lowest BCUT2D eigenvalue weighted by atomic mass is 10.0. The van der Waals surface area contributed by atoms with Crippen molar-refractivity contribution in [2.75, 3.05) is 24.2 Å². The summed E-state index contributed by atoms with van der Waals surface area (Å²) in [5.74, 6) is 0. The highest BCUT2D eigenvalue weighted by Gasteiger charge is 2.16. The van der Waals surface area contributed by atoms with Crippen LogP contribution in [-0.2, 0) is 6.42 Å². The van der Waals surface area contributed by atoms with Gasteiger partial charge in [-0.1, -0.05) is 11.6 Å². The minimum atomic E-state index is 0.763. The third-order valence-electron chi connectivity index (χ3n) is 2.49. The van der Waals surface area contributed by atoms with Crippen molar-refractivity contribution in [3.63, 3.8) is 0 Å². The Hall–Kier alpha value is -0.890. The predicted octanol–water partition coefficient (Wildman–Crippen LogP) is 2.30. The fourth-order valence-corrected chi connectivity index (χ4v) is 2.31. The van der Waals surface area contributed by atoms with Crippen molar-refractivity contribution in [3.8, 4) is 0 Å². The molecule has 1 heterocycles. The molecule has 0 aromatic heterocycles. The van der Waals surface area contributed by atoms with Crippen LogP contribution in [0.4, 0.5) is 11.4 Å². The van der Waals surface area contributed by atoms with Gasteiger partial charge < -0.3 is 10.6 Å². The molecule has 1 aromatic carbocycles. The number of nitrogens with zero attached hydrogens (tertiary/aromatic N) is 1. The largest absolute Gasteiger partial charge is 0.399 e. The number of nitrogens with two attached hydrogens (primary N) is 1. The van der Waals surface area contributed by atoms with E-state index in [1.54, 1.807) is 0 Å². The zero-order valence-corrected chi connectivity index (χ0v) is 8.43. The second-order valence-electron chi connectivity index (χ2n) is 3.54. The summed E-state index contributed by atoms with van der Waals surface area (Å²) in [6, 6.07) is 3.85. The SMILES string of the molecule is CN1CCCc2cc(N)cc(Cl)c21. The van der Waals surface area contributed by atoms with Crippen LogP contribution in [0.1, 0.15) is 12.0 Å². The zero-order chi connectivity index (χ0) is 9.42. The van der Waals surface area contributed by atoms with E-state index in [0.29, 0.717) is 0 Å². The third-order valence-corrected chi connectivity index (χ3v) is 2.77. The fourth-order valence-electron chi connectivity index (χ4n) is 1.92. The molecule has 0 aliphatic carbocycles. The van der Waals surface area contributed by atoms with E-state index in [1.165, 1.54) is 12.0 Å². The Morgan fingerprint density at radius 3 is 3.00 bits per heavy atom. The van der Waals surface area contributed by atoms with Crippen LogP contribution < -0.4 is 10.6 Å². The van der Waals surface area contributed by atoms with Crippen molar-refractivity contribution in [1.29, 1.82) is 0 Å². The molecule has 2 nitrogen and oxygen atoms in total. The Morgan fingerprint density at radius 1 is 1.46 bits per heavy atom. The van der Waals surface area contributed by atoms with Gasteiger partial charge in [0.1, 0.15) is 0 Å². The van der Waals surface area contributed by atoms with Crippen molar-refractivity contribution < 1.29 is 0 Å². The zero-order valence-electron chi connectivity index (χ0n) is 7.68. The van der Waals surface area contributed by atoms with Crippen LogP contribution in [0.5, 0.6) is 0 Å². The highest BCUT2D eigenvalue weighted by atomic mass is 35.5. The molecule has 1 aliphatic rings. The number of halogens is 1. The lowest BCUT2D eigenvalue weighted by molar-refractivity contribution is 0.745. The van der Waals surface area contributed by atoms with E-state index in [1.807, 2.05) is 12.1 Å². The molecule has 2 N–H and O–H groups in total. The van der Waals surface area contributed by atoms with Crippen molar-refractivity contribution in [2.45, 2.75) is 12.8 Å². The standard InChI is InChI=1S/C10H13ClN2/c1-13-4-2-3-7-5-8(12)6-9(11)10(7)13/h5-6H,2-4,12H2,1H3. The number of benzene rings is 1. The number of hydrogen-bond acceptors (Lipinski definition) is 2. The highest BCUT2D eigenvalue weighted by molar-refractivity contribution is 6.33. The van der Waals surface area contributed by atoms with Gasteiger partial charge in [-0.25, -0.2) is 0 Å². The van der Waals surface area contributed by atoms with Crippen molar-refractivity contribution in [2.24, 2.45) is 0 Å². The molecule has 0 fully saturated rings. The Labute approximate surface area is 83.3 Å². The van der Waals surface area contributed by atoms with Gasteiger partial charge >= 0.3 is 0 Å². The number of anilines is 2. The van der Waals surface area contributed by atoms with Crippen LogP contribution in [0.25, 0.3) is 0 Å². The molecule has 13 heavy (non-hydrogen) atoms. The first-order valence-electron chi connectivity index (χ1n) is 4.47. The highest BCUT2D eigenvalue weighted by Crippen LogP contribution is 2.35. The first-order chi connectivity index (χ1) is 6.18. The van der Waals surface area contributed by atoms with Crippen LogP contribution in [0, 0.1) is 0 Å². The molecule has 70 valence electrons. The summed E-state index contributed by atoms with van der Waals surface area (Å²) in [6.07, 6.45) is 2.27. The number of nitrogen functional groups attached to an aromatic ring is 1. The Balaban J connectivity index is 2.56. The molecular formula is C10H13ClN2. The summed E-state index contributed by atoms with van der Waals surface area (Å²) in [6.45, 7) is 1.08. The quantitative estimate of drug-likeness (QED) is 0.646. The van der Waals surface area contributed by atoms with Gasteiger partial charge in [0.2, 0.25) is 0 Å². The number of aryl methyl sites for hydroxylation is 1. The molecular weight excluding hydrogens is 184 g/mol. The molecule has 0 unspecified atom stereocenters. The number of fused-ring (bicyclic) bond motifs is 1. The van der Waals surface area contributed by atoms with E-state index in [0.717, 1.165) is 29.4 Å². The minimum absolute atomic E-state index is 0.763. The summed E-state index contributed by atoms with van der Waals surface area (Å²) in [5, 5.41) is 0.775. The molecule has 0 radical (unpaired) electrons. The summed E-state index contributed by atoms with van der Waals surface area (Å²) in [4.78, 5) is 2.20. The lowest BCUT2D eigenvalue weighted by Crippen LogP contribution is -2.25. The van der Waals surface area contributed by atoms with Gasteiger partial charge in [-0.3, -0.25) is 0 Å². The maximum Gasteiger partial charge on any atom is 0.0662 e. The topological polar surface area (TPSA) is 29.3 Å². The molecule has 0 saturated carbocycles. The average Bonchev–Trinajstić information content (AvgIpc) is 2.02. The molecule has 0 atom stereocenters. The normalized spacial score (nSPS) is 15.7. The van der Waals surface area contributed by atoms with E-state index in [9.17, 15) is 0 Å². The van der Waals surface area contributed by atoms with Gasteiger partial charge in [-0.05, 0) is 30.5 Å². The summed E-state index contributed by atoms with van der Waals surface area (Å²) < 4.78 is 0. The number of hydrogen-bond donors (Lipinski definition) is 1. The Kier molecular flexibility index (Phi) is 2.08. The Morgan fingerprint density at radius 2 is 2.23 bits per heavy atom. The van der Waals surface area contributed by atoms with Gasteiger partial charge in [0, 0.05) is 19.3 Å². The summed E-state index contributed by atoms with van der Waals surface area (Å²) in [7, 11) is 2.07. The Bertz CT molecular complexity index is 336. The van der Waals surface area contributed by atoms with Gasteiger partial charge in [-0.2, -0.15) is 0 Å². The van der Waals surface area contributed by atoms with E-state index in [-0.39, 0.29) is 0 Å². The maximum absolute atomic E-state index is 6.12. The van der Waals surface area contributed by atoms with Gasteiger partial charge in [0.15, 0.2) is 0 Å². The minimum Gasteiger partial charge on any atom is -0.399 e. The first kappa shape index (κ1) is 8.70. The first-order valence-corrected chi connectivity index (χ1v) is 4.85. The smallest absolute Gasteiger partial charge is 0.0662 e. The molecule has 0 saturated heterocycles. The van der Waals surface area contributed by atoms with E-state index in [2.05, 4.69) is 11.9 Å². The summed E-state index contributed by atoms with van der Waals surface area (Å²) >= 11 is 6.12. The van der Waals surface area contributed by atoms with Gasteiger partial charge in [0.25, 0.3) is 0 Å². The molecule has 0 bridgehead atoms. The molecule has 2 rings (SSSR count). The van der Waals surface area contributed by atoms with Gasteiger partial charge in [0.05, 0.1) is 10.7 Å². The fraction of sp³-hybridized carbons (Fsp3) is 0.400. The van der Waals surface area contributed by atoms with Gasteiger partial charge in [-0.15, -0.1) is 0 Å². The van der Waals surface area contributed by atoms with E-state index in [4.69, 9.17) is 17.3 Å². The second kappa shape index (κ2) is 3.11. The van der Waals surface area contributed by atoms with Crippen LogP contribution in [0.15, 0.2) is 12.1 Å². The van der Waals surface area contributed by atoms with E-state index < -0.39 is 0 Å². The van der Waals surface area contributed by atoms with Crippen LogP contribution in [0.3, 0.4) is 0 Å². The van der Waals surface area contributed by atoms with E-state index >= 15 is 0 Å². The van der Waals surface area contributed by atoms with Crippen molar-refractivity contribution in [3.05, 3.63) is 22.7 Å². The van der Waals surface area contributed by atoms with Crippen LogP contribution in [0.2, 0.25) is 5.02 Å².